The molecule has 1 atom stereocenters. The Bertz CT molecular complexity index is 57.5. The second-order valence-electron chi connectivity index (χ2n) is 2.59. The first-order valence-electron chi connectivity index (χ1n) is 3.53. The Balaban J connectivity index is 2.17. The van der Waals surface area contributed by atoms with Crippen LogP contribution >= 0.6 is 0 Å². The van der Waals surface area contributed by atoms with Crippen LogP contribution in [0.5, 0.6) is 0 Å². The maximum absolute atomic E-state index is 12.4. The highest BCUT2D eigenvalue weighted by Gasteiger charge is 2.09. The molecule has 46 valence electrons. The summed E-state index contributed by atoms with van der Waals surface area (Å²) in [6.45, 7) is 0. The Kier molecular flexibility index (Phi) is 2.38. The molecule has 0 radical (unpaired) electrons. The molecule has 0 N–H and O–H groups in total. The summed E-state index contributed by atoms with van der Waals surface area (Å²) in [4.78, 5) is 0. The van der Waals surface area contributed by atoms with Crippen molar-refractivity contribution in [3.63, 3.8) is 0 Å². The van der Waals surface area contributed by atoms with Crippen molar-refractivity contribution in [3.8, 4) is 0 Å². The summed E-state index contributed by atoms with van der Waals surface area (Å²) < 4.78 is 12.4. The molecule has 0 bridgehead atoms. The van der Waals surface area contributed by atoms with Crippen molar-refractivity contribution in [2.24, 2.45) is 0 Å². The van der Waals surface area contributed by atoms with E-state index in [0.29, 0.717) is 0 Å². The van der Waals surface area contributed by atoms with E-state index in [4.69, 9.17) is 0 Å². The number of hydrogen-bond acceptors (Lipinski definition) is 0. The molecule has 0 spiro atoms. The van der Waals surface area contributed by atoms with Gasteiger partial charge in [-0.1, -0.05) is 19.2 Å². The molecule has 1 unspecified atom stereocenters. The average molecular weight is 114 g/mol. The van der Waals surface area contributed by atoms with Crippen LogP contribution in [0.1, 0.15) is 19.3 Å². The van der Waals surface area contributed by atoms with Gasteiger partial charge in [0.25, 0.3) is 0 Å². The van der Waals surface area contributed by atoms with Crippen molar-refractivity contribution in [1.29, 1.82) is 0 Å². The summed E-state index contributed by atoms with van der Waals surface area (Å²) in [5, 5.41) is 0. The van der Waals surface area contributed by atoms with Crippen molar-refractivity contribution in [2.75, 3.05) is 0 Å². The van der Waals surface area contributed by atoms with Gasteiger partial charge < -0.3 is 0 Å². The number of alkyl halides is 1. The third-order valence-corrected chi connectivity index (χ3v) is 1.78. The minimum Gasteiger partial charge on any atom is -0.248 e. The maximum atomic E-state index is 12.4. The largest absolute Gasteiger partial charge is 0.248 e. The van der Waals surface area contributed by atoms with E-state index in [1.165, 1.54) is 12.7 Å². The van der Waals surface area contributed by atoms with Crippen LogP contribution in [0.3, 0.4) is 0 Å². The minimum atomic E-state index is -0.475. The highest BCUT2D eigenvalue weighted by atomic mass is 19.1. The van der Waals surface area contributed by atoms with Crippen molar-refractivity contribution in [2.45, 2.75) is 38.1 Å². The second kappa shape index (κ2) is 3.11. The SMILES string of the molecule is FC1CBCCCC1. The zero-order chi connectivity index (χ0) is 5.82. The number of hydrogen-bond donors (Lipinski definition) is 0. The molecule has 1 heterocycles. The van der Waals surface area contributed by atoms with Gasteiger partial charge in [0.15, 0.2) is 0 Å². The van der Waals surface area contributed by atoms with E-state index in [-0.39, 0.29) is 0 Å². The first-order valence-corrected chi connectivity index (χ1v) is 3.53. The van der Waals surface area contributed by atoms with Gasteiger partial charge in [-0.15, -0.1) is 0 Å². The summed E-state index contributed by atoms with van der Waals surface area (Å²) in [5.41, 5.74) is 0. The summed E-state index contributed by atoms with van der Waals surface area (Å²) in [6, 6.07) is 0. The molecule has 1 fully saturated rings. The first kappa shape index (κ1) is 6.12. The Labute approximate surface area is 50.7 Å². The van der Waals surface area contributed by atoms with Gasteiger partial charge in [0.1, 0.15) is 7.28 Å². The Morgan fingerprint density at radius 3 is 3.12 bits per heavy atom. The summed E-state index contributed by atoms with van der Waals surface area (Å²) >= 11 is 0. The molecule has 0 aromatic heterocycles. The van der Waals surface area contributed by atoms with Crippen LogP contribution in [-0.2, 0) is 0 Å². The molecule has 0 amide bonds. The zero-order valence-electron chi connectivity index (χ0n) is 5.20. The Morgan fingerprint density at radius 2 is 2.25 bits per heavy atom. The lowest BCUT2D eigenvalue weighted by Gasteiger charge is -1.98. The molecule has 0 aromatic carbocycles. The molecular formula is C6H12BF. The van der Waals surface area contributed by atoms with Crippen LogP contribution in [0.25, 0.3) is 0 Å². The van der Waals surface area contributed by atoms with E-state index < -0.39 is 6.17 Å². The van der Waals surface area contributed by atoms with Crippen molar-refractivity contribution < 1.29 is 4.39 Å². The third kappa shape index (κ3) is 1.85. The molecule has 2 heteroatoms. The smallest absolute Gasteiger partial charge is 0.124 e. The van der Waals surface area contributed by atoms with Gasteiger partial charge in [-0.05, 0) is 12.7 Å². The molecule has 1 aliphatic rings. The number of rotatable bonds is 0. The molecular weight excluding hydrogens is 102 g/mol. The molecule has 0 aromatic rings. The van der Waals surface area contributed by atoms with Crippen molar-refractivity contribution >= 4 is 7.28 Å². The fourth-order valence-electron chi connectivity index (χ4n) is 1.23. The first-order chi connectivity index (χ1) is 3.89. The summed E-state index contributed by atoms with van der Waals surface area (Å²) in [7, 11) is 1.11. The molecule has 0 aliphatic carbocycles. The van der Waals surface area contributed by atoms with E-state index in [2.05, 4.69) is 0 Å². The zero-order valence-corrected chi connectivity index (χ0v) is 5.20. The summed E-state index contributed by atoms with van der Waals surface area (Å²) in [5.74, 6) is 0. The van der Waals surface area contributed by atoms with Gasteiger partial charge in [-0.3, -0.25) is 0 Å². The molecule has 0 saturated carbocycles. The van der Waals surface area contributed by atoms with Crippen LogP contribution in [0.4, 0.5) is 4.39 Å². The van der Waals surface area contributed by atoms with Crippen LogP contribution in [0.15, 0.2) is 0 Å². The van der Waals surface area contributed by atoms with Crippen LogP contribution in [0.2, 0.25) is 12.6 Å². The van der Waals surface area contributed by atoms with Crippen LogP contribution < -0.4 is 0 Å². The monoisotopic (exact) mass is 114 g/mol. The Hall–Kier alpha value is -0.00506. The average Bonchev–Trinajstić information content (AvgIpc) is 1.94. The quantitative estimate of drug-likeness (QED) is 0.421. The van der Waals surface area contributed by atoms with Crippen molar-refractivity contribution in [1.82, 2.24) is 0 Å². The van der Waals surface area contributed by atoms with Crippen LogP contribution in [0, 0.1) is 0 Å². The van der Waals surface area contributed by atoms with Gasteiger partial charge in [0, 0.05) is 0 Å². The van der Waals surface area contributed by atoms with Gasteiger partial charge in [-0.25, -0.2) is 4.39 Å². The standard InChI is InChI=1S/C6H12BF/c8-6-3-1-2-4-7-5-6/h6-7H,1-5H2. The predicted octanol–water partition coefficient (Wildman–Crippen LogP) is 1.78. The van der Waals surface area contributed by atoms with Crippen LogP contribution in [-0.4, -0.2) is 13.5 Å². The normalized spacial score (nSPS) is 30.9. The van der Waals surface area contributed by atoms with E-state index in [1.807, 2.05) is 0 Å². The number of halogens is 1. The van der Waals surface area contributed by atoms with E-state index in [0.717, 1.165) is 26.4 Å². The van der Waals surface area contributed by atoms with E-state index in [9.17, 15) is 4.39 Å². The maximum Gasteiger partial charge on any atom is 0.124 e. The topological polar surface area (TPSA) is 0 Å². The summed E-state index contributed by atoms with van der Waals surface area (Å²) in [6.07, 6.45) is 4.78. The lowest BCUT2D eigenvalue weighted by atomic mass is 9.70. The fourth-order valence-corrected chi connectivity index (χ4v) is 1.23. The molecule has 1 saturated heterocycles. The molecule has 0 nitrogen and oxygen atoms in total. The molecule has 1 rings (SSSR count). The lowest BCUT2D eigenvalue weighted by Crippen LogP contribution is -1.98. The van der Waals surface area contributed by atoms with Gasteiger partial charge >= 0.3 is 0 Å². The highest BCUT2D eigenvalue weighted by Crippen LogP contribution is 2.15. The van der Waals surface area contributed by atoms with Crippen molar-refractivity contribution in [3.05, 3.63) is 0 Å². The molecule has 8 heavy (non-hydrogen) atoms. The lowest BCUT2D eigenvalue weighted by molar-refractivity contribution is 0.337. The molecule has 1 aliphatic heterocycles. The Morgan fingerprint density at radius 1 is 1.38 bits per heavy atom. The van der Waals surface area contributed by atoms with Gasteiger partial charge in [0.05, 0.1) is 6.17 Å². The van der Waals surface area contributed by atoms with Gasteiger partial charge in [0.2, 0.25) is 0 Å². The fraction of sp³-hybridized carbons (Fsp3) is 1.00. The minimum absolute atomic E-state index is 0.475. The van der Waals surface area contributed by atoms with E-state index >= 15 is 0 Å². The predicted molar refractivity (Wildman–Crippen MR) is 35.5 cm³/mol. The third-order valence-electron chi connectivity index (χ3n) is 1.78. The highest BCUT2D eigenvalue weighted by molar-refractivity contribution is 6.35. The van der Waals surface area contributed by atoms with Gasteiger partial charge in [-0.2, -0.15) is 0 Å². The second-order valence-corrected chi connectivity index (χ2v) is 2.59. The van der Waals surface area contributed by atoms with E-state index in [1.54, 1.807) is 0 Å².